The van der Waals surface area contributed by atoms with Crippen LogP contribution in [-0.2, 0) is 19.1 Å². The molecule has 0 heterocycles. The van der Waals surface area contributed by atoms with Crippen molar-refractivity contribution in [1.82, 2.24) is 0 Å². The first-order chi connectivity index (χ1) is 26.5. The fourth-order valence-electron chi connectivity index (χ4n) is 9.09. The van der Waals surface area contributed by atoms with E-state index in [0.29, 0.717) is 6.92 Å². The molecule has 8 rings (SSSR count). The zero-order valence-electron chi connectivity index (χ0n) is 28.3. The molecule has 0 aromatic carbocycles. The van der Waals surface area contributed by atoms with E-state index in [1.165, 1.54) is 0 Å². The van der Waals surface area contributed by atoms with Gasteiger partial charge in [0.2, 0.25) is 10.8 Å². The molecule has 8 aliphatic carbocycles. The Morgan fingerprint density at radius 1 is 0.426 bits per heavy atom. The van der Waals surface area contributed by atoms with Crippen molar-refractivity contribution in [2.24, 2.45) is 22.7 Å². The molecule has 8 saturated carbocycles. The summed E-state index contributed by atoms with van der Waals surface area (Å²) in [4.78, 5) is 22.3. The number of hydrogen-bond donors (Lipinski definition) is 0. The van der Waals surface area contributed by atoms with E-state index in [0.717, 1.165) is 0 Å². The predicted molar refractivity (Wildman–Crippen MR) is 133 cm³/mol. The van der Waals surface area contributed by atoms with Gasteiger partial charge in [-0.05, 0) is 6.92 Å². The smallest absolute Gasteiger partial charge is 0.338 e. The van der Waals surface area contributed by atoms with E-state index in [4.69, 9.17) is 0 Å². The molecular formula is C29H14F28O4. The van der Waals surface area contributed by atoms with E-state index in [1.807, 2.05) is 0 Å². The Morgan fingerprint density at radius 2 is 0.656 bits per heavy atom. The van der Waals surface area contributed by atoms with Gasteiger partial charge in [-0.2, -0.15) is 17.6 Å². The Balaban J connectivity index is 0.000000231. The van der Waals surface area contributed by atoms with Crippen molar-refractivity contribution < 1.29 is 142 Å². The maximum absolute atomic E-state index is 14.8. The first-order valence-electron chi connectivity index (χ1n) is 15.4. The summed E-state index contributed by atoms with van der Waals surface area (Å²) in [7, 11) is 0. The van der Waals surface area contributed by atoms with Crippen LogP contribution in [0.25, 0.3) is 0 Å². The van der Waals surface area contributed by atoms with Gasteiger partial charge in [-0.1, -0.05) is 13.2 Å². The lowest BCUT2D eigenvalue weighted by atomic mass is 9.38. The fraction of sp³-hybridized carbons (Fsp3) is 0.793. The van der Waals surface area contributed by atoms with E-state index in [2.05, 4.69) is 22.6 Å². The van der Waals surface area contributed by atoms with Crippen molar-refractivity contribution in [2.75, 3.05) is 13.2 Å². The topological polar surface area (TPSA) is 52.6 Å². The molecule has 0 spiro atoms. The number of rotatable bonds is 6. The number of alkyl halides is 28. The molecule has 8 aliphatic rings. The van der Waals surface area contributed by atoms with Crippen LogP contribution in [0.3, 0.4) is 0 Å². The summed E-state index contributed by atoms with van der Waals surface area (Å²) in [5.41, 5.74) is -42.7. The van der Waals surface area contributed by atoms with Gasteiger partial charge < -0.3 is 9.47 Å². The molecule has 350 valence electrons. The summed E-state index contributed by atoms with van der Waals surface area (Å²) in [5, 5.41) is 0. The molecule has 0 aliphatic heterocycles. The Kier molecular flexibility index (Phi) is 8.91. The minimum Gasteiger partial charge on any atom is -0.461 e. The number of carbonyl (C=O) groups excluding carboxylic acids is 2. The number of hydrogen-bond acceptors (Lipinski definition) is 4. The van der Waals surface area contributed by atoms with Gasteiger partial charge in [0.05, 0.1) is 0 Å². The second kappa shape index (κ2) is 11.2. The summed E-state index contributed by atoms with van der Waals surface area (Å²) in [6.45, 7) is -0.506. The van der Waals surface area contributed by atoms with Crippen LogP contribution in [0.1, 0.15) is 6.92 Å². The van der Waals surface area contributed by atoms with Crippen molar-refractivity contribution in [3.05, 3.63) is 24.8 Å². The molecule has 0 amide bonds. The molecule has 61 heavy (non-hydrogen) atoms. The van der Waals surface area contributed by atoms with Crippen molar-refractivity contribution in [2.45, 2.75) is 101 Å². The zero-order chi connectivity index (χ0) is 48.4. The van der Waals surface area contributed by atoms with E-state index >= 15 is 0 Å². The Bertz CT molecular complexity index is 1900. The van der Waals surface area contributed by atoms with Gasteiger partial charge in [-0.3, -0.25) is 0 Å². The molecule has 0 radical (unpaired) electrons. The van der Waals surface area contributed by atoms with E-state index < -0.39 is 147 Å². The highest BCUT2D eigenvalue weighted by Crippen LogP contribution is 2.91. The van der Waals surface area contributed by atoms with Crippen LogP contribution in [0.2, 0.25) is 0 Å². The Morgan fingerprint density at radius 3 is 0.869 bits per heavy atom. The molecule has 4 unspecified atom stereocenters. The molecule has 0 N–H and O–H groups in total. The third-order valence-corrected chi connectivity index (χ3v) is 12.1. The largest absolute Gasteiger partial charge is 0.461 e. The SMILES string of the molecule is C=C(C)C(=O)OCC12C(F)(F)C3C(F)(F)C(F)(C(F)(F)C(F)(C3(F)F)C1(F)F)C2(F)F.C=CC(=O)OCC12C(F)(F)C3C(F)(F)C(F)(C(F)(F)C(F)(C3(F)F)C1(F)F)C2(F)F. The van der Waals surface area contributed by atoms with Crippen LogP contribution >= 0.6 is 0 Å². The molecule has 32 heteroatoms. The van der Waals surface area contributed by atoms with E-state index in [9.17, 15) is 133 Å². The molecular weight excluding hydrogens is 944 g/mol. The highest BCUT2D eigenvalue weighted by Gasteiger charge is 3.20. The maximum atomic E-state index is 14.8. The lowest BCUT2D eigenvalue weighted by Crippen LogP contribution is -3.03. The summed E-state index contributed by atoms with van der Waals surface area (Å²) in [6, 6.07) is 0. The average Bonchev–Trinajstić information content (AvgIpc) is 3.05. The van der Waals surface area contributed by atoms with Gasteiger partial charge >= 0.3 is 93.8 Å². The van der Waals surface area contributed by atoms with E-state index in [1.54, 1.807) is 0 Å². The normalized spacial score (nSPS) is 44.5. The fourth-order valence-corrected chi connectivity index (χ4v) is 9.09. The summed E-state index contributed by atoms with van der Waals surface area (Å²) >= 11 is 0. The lowest BCUT2D eigenvalue weighted by Gasteiger charge is -2.73. The highest BCUT2D eigenvalue weighted by molar-refractivity contribution is 5.87. The minimum atomic E-state index is -7.59. The molecule has 4 atom stereocenters. The molecule has 0 saturated heterocycles. The summed E-state index contributed by atoms with van der Waals surface area (Å²) < 4.78 is 411. The van der Waals surface area contributed by atoms with Gasteiger partial charge in [0.25, 0.3) is 11.8 Å². The maximum Gasteiger partial charge on any atom is 0.338 e. The summed E-state index contributed by atoms with van der Waals surface area (Å²) in [6.07, 6.45) is -0.0524. The van der Waals surface area contributed by atoms with Crippen LogP contribution in [0, 0.1) is 22.7 Å². The highest BCUT2D eigenvalue weighted by atomic mass is 19.4. The third kappa shape index (κ3) is 3.71. The van der Waals surface area contributed by atoms with Gasteiger partial charge in [-0.15, -0.1) is 0 Å². The van der Waals surface area contributed by atoms with Crippen molar-refractivity contribution >= 4 is 11.9 Å². The molecule has 8 fully saturated rings. The first kappa shape index (κ1) is 48.5. The van der Waals surface area contributed by atoms with Crippen molar-refractivity contribution in [3.63, 3.8) is 0 Å². The molecule has 8 bridgehead atoms. The van der Waals surface area contributed by atoms with Crippen LogP contribution in [-0.4, -0.2) is 119 Å². The number of halogens is 28. The quantitative estimate of drug-likeness (QED) is 0.151. The monoisotopic (exact) mass is 958 g/mol. The molecule has 4 nitrogen and oxygen atoms in total. The average molecular weight is 958 g/mol. The van der Waals surface area contributed by atoms with Gasteiger partial charge in [0, 0.05) is 11.6 Å². The van der Waals surface area contributed by atoms with Crippen molar-refractivity contribution in [1.29, 1.82) is 0 Å². The van der Waals surface area contributed by atoms with Crippen LogP contribution in [0.15, 0.2) is 24.8 Å². The Hall–Kier alpha value is -3.54. The summed E-state index contributed by atoms with van der Waals surface area (Å²) in [5.74, 6) is -102. The standard InChI is InChI=1S/C15H8F14O2.C14H6F14O2/c1-4(2)5(30)31-3-7-8(16,17)6-9(18,19)11(22,13(7,24)25)15(28,29)12(23,10(6,20)21)14(7,26)27;1-2-4(29)30-3-6-7(15,16)5-8(17,18)10(21,12(6,23)24)14(27,28)11(22,9(5,19)20)13(6,25)26/h6H,1,3H2,2H3;2,5H,1,3H2. The number of esters is 2. The van der Waals surface area contributed by atoms with Crippen molar-refractivity contribution in [3.8, 4) is 0 Å². The number of carbonyl (C=O) groups is 2. The molecule has 0 aromatic heterocycles. The first-order valence-corrected chi connectivity index (χ1v) is 15.4. The second-order valence-electron chi connectivity index (χ2n) is 14.7. The Labute approximate surface area is 316 Å². The number of ether oxygens (including phenoxy) is 2. The third-order valence-electron chi connectivity index (χ3n) is 12.1. The minimum absolute atomic E-state index is 0.0524. The van der Waals surface area contributed by atoms with Crippen LogP contribution in [0.5, 0.6) is 0 Å². The zero-order valence-corrected chi connectivity index (χ0v) is 28.3. The van der Waals surface area contributed by atoms with E-state index in [-0.39, 0.29) is 6.08 Å². The molecule has 0 aromatic rings. The predicted octanol–water partition coefficient (Wildman–Crippen LogP) is 9.56. The van der Waals surface area contributed by atoms with Crippen LogP contribution < -0.4 is 0 Å². The van der Waals surface area contributed by atoms with Gasteiger partial charge in [0.15, 0.2) is 11.8 Å². The van der Waals surface area contributed by atoms with Crippen LogP contribution in [0.4, 0.5) is 123 Å². The lowest BCUT2D eigenvalue weighted by molar-refractivity contribution is -0.596. The van der Waals surface area contributed by atoms with Gasteiger partial charge in [0.1, 0.15) is 13.2 Å². The second-order valence-corrected chi connectivity index (χ2v) is 14.7. The van der Waals surface area contributed by atoms with Gasteiger partial charge in [-0.25, -0.2) is 115 Å².